The maximum atomic E-state index is 12.9. The molecule has 0 amide bonds. The van der Waals surface area contributed by atoms with Gasteiger partial charge in [0.2, 0.25) is 0 Å². The zero-order valence-electron chi connectivity index (χ0n) is 12.9. The Bertz CT molecular complexity index is 645. The number of halogens is 6. The van der Waals surface area contributed by atoms with Crippen LogP contribution in [0, 0.1) is 0 Å². The summed E-state index contributed by atoms with van der Waals surface area (Å²) in [6, 6.07) is 1.79. The van der Waals surface area contributed by atoms with E-state index in [-0.39, 0.29) is 11.6 Å². The molecular weight excluding hydrogens is 334 g/mol. The van der Waals surface area contributed by atoms with Gasteiger partial charge in [0, 0.05) is 0 Å². The van der Waals surface area contributed by atoms with Crippen LogP contribution >= 0.6 is 0 Å². The van der Waals surface area contributed by atoms with Gasteiger partial charge in [-0.3, -0.25) is 0 Å². The van der Waals surface area contributed by atoms with Crippen LogP contribution < -0.4 is 0 Å². The minimum atomic E-state index is -4.81. The summed E-state index contributed by atoms with van der Waals surface area (Å²) in [5.41, 5.74) is -1.15. The van der Waals surface area contributed by atoms with Crippen LogP contribution in [0.3, 0.4) is 0 Å². The Morgan fingerprint density at radius 1 is 0.870 bits per heavy atom. The minimum absolute atomic E-state index is 0.00514. The van der Waals surface area contributed by atoms with Crippen LogP contribution in [0.5, 0.6) is 0 Å². The van der Waals surface area contributed by atoms with E-state index >= 15 is 0 Å². The first kappa shape index (κ1) is 17.8. The number of rotatable bonds is 2. The first-order valence-electron chi connectivity index (χ1n) is 7.11. The van der Waals surface area contributed by atoms with Crippen molar-refractivity contribution in [2.45, 2.75) is 38.8 Å². The third kappa shape index (κ3) is 3.71. The van der Waals surface area contributed by atoms with E-state index < -0.39 is 32.3 Å². The summed E-state index contributed by atoms with van der Waals surface area (Å²) in [5, 5.41) is 1.10. The highest BCUT2D eigenvalue weighted by Crippen LogP contribution is 2.41. The van der Waals surface area contributed by atoms with Crippen LogP contribution in [-0.2, 0) is 12.4 Å². The summed E-state index contributed by atoms with van der Waals surface area (Å²) in [4.78, 5) is 0. The molecule has 7 heteroatoms. The van der Waals surface area contributed by atoms with Crippen LogP contribution in [0.1, 0.15) is 30.0 Å². The van der Waals surface area contributed by atoms with E-state index in [9.17, 15) is 26.3 Å². The van der Waals surface area contributed by atoms with Crippen LogP contribution in [-0.4, -0.2) is 8.80 Å². The molecule has 0 N–H and O–H groups in total. The van der Waals surface area contributed by atoms with Gasteiger partial charge in [0.15, 0.2) is 0 Å². The van der Waals surface area contributed by atoms with Gasteiger partial charge >= 0.3 is 12.4 Å². The van der Waals surface area contributed by atoms with E-state index in [1.807, 2.05) is 6.08 Å². The van der Waals surface area contributed by atoms with Crippen LogP contribution in [0.4, 0.5) is 26.3 Å². The zero-order valence-corrected chi connectivity index (χ0v) is 14.0. The molecule has 0 fully saturated rings. The lowest BCUT2D eigenvalue weighted by Crippen LogP contribution is -2.12. The van der Waals surface area contributed by atoms with Crippen molar-refractivity contribution in [1.82, 2.24) is 0 Å². The largest absolute Gasteiger partial charge is 0.416 e. The molecule has 23 heavy (non-hydrogen) atoms. The van der Waals surface area contributed by atoms with Crippen molar-refractivity contribution >= 4 is 14.4 Å². The van der Waals surface area contributed by atoms with E-state index in [0.29, 0.717) is 12.0 Å². The van der Waals surface area contributed by atoms with Crippen LogP contribution in [0.15, 0.2) is 35.0 Å². The van der Waals surface area contributed by atoms with Crippen LogP contribution in [0.2, 0.25) is 13.1 Å². The molecule has 1 aromatic carbocycles. The summed E-state index contributed by atoms with van der Waals surface area (Å²) >= 11 is 0. The van der Waals surface area contributed by atoms with E-state index in [2.05, 4.69) is 13.1 Å². The number of alkyl halides is 6. The fourth-order valence-electron chi connectivity index (χ4n) is 2.82. The Morgan fingerprint density at radius 3 is 1.70 bits per heavy atom. The fourth-order valence-corrected chi connectivity index (χ4v) is 4.45. The molecular formula is C16H16F6Si. The monoisotopic (exact) mass is 350 g/mol. The van der Waals surface area contributed by atoms with Gasteiger partial charge in [-0.2, -0.15) is 26.3 Å². The lowest BCUT2D eigenvalue weighted by Gasteiger charge is -2.16. The first-order valence-corrected chi connectivity index (χ1v) is 10.00. The maximum Gasteiger partial charge on any atom is 0.416 e. The Kier molecular flexibility index (Phi) is 4.54. The smallest absolute Gasteiger partial charge is 0.166 e. The molecule has 0 aromatic heterocycles. The lowest BCUT2D eigenvalue weighted by atomic mass is 9.96. The molecule has 1 aromatic rings. The van der Waals surface area contributed by atoms with Crippen molar-refractivity contribution in [2.75, 3.05) is 0 Å². The Hall–Kier alpha value is -1.50. The molecule has 0 radical (unpaired) electrons. The summed E-state index contributed by atoms with van der Waals surface area (Å²) in [5.74, 6) is 0. The average Bonchev–Trinajstić information content (AvgIpc) is 2.78. The topological polar surface area (TPSA) is 0 Å². The molecule has 0 saturated carbocycles. The molecule has 0 heterocycles. The normalized spacial score (nSPS) is 16.3. The molecule has 0 saturated heterocycles. The standard InChI is InChI=1S/C16H16F6Si/c1-9-13(4-5-14(9)23(2)3)10-6-11(15(17,18)19)8-12(7-10)16(20,21)22/h5-8,23H,4H2,1-3H3. The highest BCUT2D eigenvalue weighted by molar-refractivity contribution is 6.65. The highest BCUT2D eigenvalue weighted by Gasteiger charge is 2.37. The van der Waals surface area contributed by atoms with Crippen molar-refractivity contribution in [3.05, 3.63) is 51.7 Å². The number of hydrogen-bond acceptors (Lipinski definition) is 0. The van der Waals surface area contributed by atoms with Gasteiger partial charge < -0.3 is 0 Å². The van der Waals surface area contributed by atoms with E-state index in [4.69, 9.17) is 0 Å². The average molecular weight is 350 g/mol. The quantitative estimate of drug-likeness (QED) is 0.463. The predicted molar refractivity (Wildman–Crippen MR) is 80.6 cm³/mol. The third-order valence-corrected chi connectivity index (χ3v) is 5.88. The number of benzene rings is 1. The summed E-state index contributed by atoms with van der Waals surface area (Å²) < 4.78 is 77.6. The van der Waals surface area contributed by atoms with Gasteiger partial charge in [-0.15, -0.1) is 0 Å². The molecule has 0 nitrogen and oxygen atoms in total. The highest BCUT2D eigenvalue weighted by atomic mass is 28.3. The fraction of sp³-hybridized carbons (Fsp3) is 0.375. The molecule has 1 aliphatic rings. The van der Waals surface area contributed by atoms with Crippen molar-refractivity contribution in [3.63, 3.8) is 0 Å². The number of hydrogen-bond donors (Lipinski definition) is 0. The van der Waals surface area contributed by atoms with Gasteiger partial charge in [-0.1, -0.05) is 24.4 Å². The van der Waals surface area contributed by atoms with E-state index in [1.54, 1.807) is 6.92 Å². The Balaban J connectivity index is 2.60. The molecule has 0 spiro atoms. The molecule has 0 bridgehead atoms. The van der Waals surface area contributed by atoms with Gasteiger partial charge in [0.25, 0.3) is 0 Å². The molecule has 0 atom stereocenters. The second-order valence-corrected chi connectivity index (χ2v) is 8.85. The minimum Gasteiger partial charge on any atom is -0.166 e. The van der Waals surface area contributed by atoms with Gasteiger partial charge in [-0.25, -0.2) is 0 Å². The molecule has 0 aliphatic heterocycles. The summed E-state index contributed by atoms with van der Waals surface area (Å²) in [6.45, 7) is 5.92. The van der Waals surface area contributed by atoms with Crippen molar-refractivity contribution < 1.29 is 26.3 Å². The number of allylic oxidation sites excluding steroid dienone is 4. The second-order valence-electron chi connectivity index (χ2n) is 5.92. The predicted octanol–water partition coefficient (Wildman–Crippen LogP) is 5.85. The summed E-state index contributed by atoms with van der Waals surface area (Å²) in [6.07, 6.45) is -7.32. The second kappa shape index (κ2) is 5.85. The van der Waals surface area contributed by atoms with Gasteiger partial charge in [0.1, 0.15) is 0 Å². The SMILES string of the molecule is CC1=C(c2cc(C(F)(F)F)cc(C(F)(F)F)c2)CC=C1[SiH](C)C. The van der Waals surface area contributed by atoms with Crippen molar-refractivity contribution in [2.24, 2.45) is 0 Å². The first-order chi connectivity index (χ1) is 10.4. The van der Waals surface area contributed by atoms with Crippen molar-refractivity contribution in [1.29, 1.82) is 0 Å². The Morgan fingerprint density at radius 2 is 1.35 bits per heavy atom. The van der Waals surface area contributed by atoms with Crippen LogP contribution in [0.25, 0.3) is 5.57 Å². The van der Waals surface area contributed by atoms with E-state index in [1.165, 1.54) is 0 Å². The van der Waals surface area contributed by atoms with Gasteiger partial charge in [-0.05, 0) is 48.3 Å². The van der Waals surface area contributed by atoms with E-state index in [0.717, 1.165) is 22.9 Å². The third-order valence-electron chi connectivity index (χ3n) is 3.97. The maximum absolute atomic E-state index is 12.9. The molecule has 1 aliphatic carbocycles. The Labute approximate surface area is 132 Å². The molecule has 126 valence electrons. The summed E-state index contributed by atoms with van der Waals surface area (Å²) in [7, 11) is -1.18. The zero-order chi connectivity index (χ0) is 17.6. The molecule has 2 rings (SSSR count). The lowest BCUT2D eigenvalue weighted by molar-refractivity contribution is -0.143. The van der Waals surface area contributed by atoms with Gasteiger partial charge in [0.05, 0.1) is 19.9 Å². The molecule has 0 unspecified atom stereocenters. The van der Waals surface area contributed by atoms with Crippen molar-refractivity contribution in [3.8, 4) is 0 Å².